The maximum Gasteiger partial charge on any atom is 0.230 e. The molecule has 1 fully saturated rings. The van der Waals surface area contributed by atoms with Gasteiger partial charge in [-0.15, -0.1) is 0 Å². The Kier molecular flexibility index (Phi) is 4.21. The molecule has 132 valence electrons. The number of aromatic nitrogens is 2. The van der Waals surface area contributed by atoms with Crippen LogP contribution in [0, 0.1) is 5.92 Å². The molecule has 0 unspecified atom stereocenters. The Morgan fingerprint density at radius 1 is 1.12 bits per heavy atom. The first-order chi connectivity index (χ1) is 12.6. The molecule has 0 N–H and O–H groups in total. The van der Waals surface area contributed by atoms with Gasteiger partial charge in [0.15, 0.2) is 0 Å². The minimum Gasteiger partial charge on any atom is -0.457 e. The Balaban J connectivity index is 1.40. The number of carbonyl (C=O) groups is 1. The molecule has 0 spiro atoms. The van der Waals surface area contributed by atoms with Crippen molar-refractivity contribution >= 4 is 11.6 Å². The van der Waals surface area contributed by atoms with Gasteiger partial charge in [-0.2, -0.15) is 5.10 Å². The van der Waals surface area contributed by atoms with E-state index in [0.717, 1.165) is 29.2 Å². The molecule has 1 aliphatic carbocycles. The SMILES string of the molecule is CN(C(=O)[C@H]1C[C@@H]1c1cnn(C)c1)c1ccc(Oc2ccccc2)cc1. The summed E-state index contributed by atoms with van der Waals surface area (Å²) in [4.78, 5) is 14.5. The van der Waals surface area contributed by atoms with Crippen LogP contribution < -0.4 is 9.64 Å². The van der Waals surface area contributed by atoms with Gasteiger partial charge in [-0.3, -0.25) is 9.48 Å². The molecule has 0 bridgehead atoms. The lowest BCUT2D eigenvalue weighted by molar-refractivity contribution is -0.119. The lowest BCUT2D eigenvalue weighted by Gasteiger charge is -2.18. The lowest BCUT2D eigenvalue weighted by Crippen LogP contribution is -2.28. The van der Waals surface area contributed by atoms with Gasteiger partial charge >= 0.3 is 0 Å². The zero-order chi connectivity index (χ0) is 18.1. The number of carbonyl (C=O) groups excluding carboxylic acids is 1. The van der Waals surface area contributed by atoms with Crippen molar-refractivity contribution in [2.24, 2.45) is 13.0 Å². The van der Waals surface area contributed by atoms with E-state index in [1.54, 1.807) is 9.58 Å². The summed E-state index contributed by atoms with van der Waals surface area (Å²) in [5.74, 6) is 2.03. The van der Waals surface area contributed by atoms with Crippen LogP contribution >= 0.6 is 0 Å². The number of ether oxygens (including phenoxy) is 1. The molecule has 5 heteroatoms. The summed E-state index contributed by atoms with van der Waals surface area (Å²) < 4.78 is 7.58. The summed E-state index contributed by atoms with van der Waals surface area (Å²) in [6.45, 7) is 0. The largest absolute Gasteiger partial charge is 0.457 e. The van der Waals surface area contributed by atoms with Crippen molar-refractivity contribution in [3.63, 3.8) is 0 Å². The number of nitrogens with zero attached hydrogens (tertiary/aromatic N) is 3. The molecule has 0 saturated heterocycles. The zero-order valence-corrected chi connectivity index (χ0v) is 14.9. The molecular formula is C21H21N3O2. The number of anilines is 1. The van der Waals surface area contributed by atoms with E-state index in [4.69, 9.17) is 4.74 Å². The Hall–Kier alpha value is -3.08. The molecular weight excluding hydrogens is 326 g/mol. The quantitative estimate of drug-likeness (QED) is 0.701. The van der Waals surface area contributed by atoms with Gasteiger partial charge in [0.2, 0.25) is 5.91 Å². The van der Waals surface area contributed by atoms with Crippen LogP contribution in [-0.4, -0.2) is 22.7 Å². The highest BCUT2D eigenvalue weighted by Crippen LogP contribution is 2.48. The summed E-state index contributed by atoms with van der Waals surface area (Å²) in [6.07, 6.45) is 4.74. The van der Waals surface area contributed by atoms with Gasteiger partial charge in [0.1, 0.15) is 11.5 Å². The van der Waals surface area contributed by atoms with Crippen molar-refractivity contribution in [3.8, 4) is 11.5 Å². The summed E-state index contributed by atoms with van der Waals surface area (Å²) in [5.41, 5.74) is 2.01. The van der Waals surface area contributed by atoms with Crippen LogP contribution in [0.25, 0.3) is 0 Å². The molecule has 1 aromatic heterocycles. The van der Waals surface area contributed by atoms with Crippen LogP contribution in [0.3, 0.4) is 0 Å². The number of hydrogen-bond acceptors (Lipinski definition) is 3. The smallest absolute Gasteiger partial charge is 0.230 e. The van der Waals surface area contributed by atoms with E-state index < -0.39 is 0 Å². The summed E-state index contributed by atoms with van der Waals surface area (Å²) >= 11 is 0. The first kappa shape index (κ1) is 16.4. The number of rotatable bonds is 5. The topological polar surface area (TPSA) is 47.4 Å². The third-order valence-electron chi connectivity index (χ3n) is 4.79. The minimum absolute atomic E-state index is 0.0458. The Morgan fingerprint density at radius 3 is 2.46 bits per heavy atom. The molecule has 0 radical (unpaired) electrons. The Morgan fingerprint density at radius 2 is 1.81 bits per heavy atom. The summed E-state index contributed by atoms with van der Waals surface area (Å²) in [5, 5.41) is 4.20. The molecule has 2 atom stereocenters. The van der Waals surface area contributed by atoms with Crippen molar-refractivity contribution in [1.29, 1.82) is 0 Å². The third kappa shape index (κ3) is 3.33. The normalized spacial score (nSPS) is 18.4. The highest BCUT2D eigenvalue weighted by Gasteiger charge is 2.46. The Bertz CT molecular complexity index is 903. The molecule has 26 heavy (non-hydrogen) atoms. The first-order valence-electron chi connectivity index (χ1n) is 8.71. The van der Waals surface area contributed by atoms with Gasteiger partial charge in [-0.1, -0.05) is 18.2 Å². The van der Waals surface area contributed by atoms with Crippen molar-refractivity contribution in [2.75, 3.05) is 11.9 Å². The number of benzene rings is 2. The molecule has 5 nitrogen and oxygen atoms in total. The van der Waals surface area contributed by atoms with E-state index in [9.17, 15) is 4.79 Å². The van der Waals surface area contributed by atoms with E-state index in [2.05, 4.69) is 5.10 Å². The van der Waals surface area contributed by atoms with Crippen LogP contribution in [0.2, 0.25) is 0 Å². The standard InChI is InChI=1S/C21H21N3O2/c1-23-14-15(13-22-23)19-12-20(19)21(25)24(2)16-8-10-18(11-9-16)26-17-6-4-3-5-7-17/h3-11,13-14,19-20H,12H2,1-2H3/t19-,20+/m1/s1. The first-order valence-corrected chi connectivity index (χ1v) is 8.71. The van der Waals surface area contributed by atoms with Gasteiger partial charge in [0, 0.05) is 31.9 Å². The van der Waals surface area contributed by atoms with Gasteiger partial charge in [0.25, 0.3) is 0 Å². The van der Waals surface area contributed by atoms with Crippen LogP contribution in [0.4, 0.5) is 5.69 Å². The number of para-hydroxylation sites is 1. The zero-order valence-electron chi connectivity index (χ0n) is 14.9. The lowest BCUT2D eigenvalue weighted by atomic mass is 10.2. The number of aryl methyl sites for hydroxylation is 1. The van der Waals surface area contributed by atoms with Gasteiger partial charge in [0.05, 0.1) is 6.20 Å². The predicted molar refractivity (Wildman–Crippen MR) is 100 cm³/mol. The molecule has 0 aliphatic heterocycles. The van der Waals surface area contributed by atoms with Gasteiger partial charge < -0.3 is 9.64 Å². The maximum absolute atomic E-state index is 12.7. The average molecular weight is 347 g/mol. The summed E-state index contributed by atoms with van der Waals surface area (Å²) in [6, 6.07) is 17.2. The van der Waals surface area contributed by atoms with Crippen LogP contribution in [-0.2, 0) is 11.8 Å². The van der Waals surface area contributed by atoms with Crippen molar-refractivity contribution in [2.45, 2.75) is 12.3 Å². The number of hydrogen-bond donors (Lipinski definition) is 0. The van der Waals surface area contributed by atoms with Crippen LogP contribution in [0.1, 0.15) is 17.9 Å². The second kappa shape index (κ2) is 6.67. The van der Waals surface area contributed by atoms with Crippen molar-refractivity contribution in [1.82, 2.24) is 9.78 Å². The maximum atomic E-state index is 12.7. The average Bonchev–Trinajstić information content (AvgIpc) is 3.35. The molecule has 2 aromatic carbocycles. The predicted octanol–water partition coefficient (Wildman–Crippen LogP) is 3.98. The fourth-order valence-electron chi connectivity index (χ4n) is 3.21. The van der Waals surface area contributed by atoms with E-state index in [1.165, 1.54) is 0 Å². The number of amides is 1. The monoisotopic (exact) mass is 347 g/mol. The van der Waals surface area contributed by atoms with Crippen LogP contribution in [0.5, 0.6) is 11.5 Å². The van der Waals surface area contributed by atoms with E-state index >= 15 is 0 Å². The van der Waals surface area contributed by atoms with Crippen LogP contribution in [0.15, 0.2) is 67.0 Å². The molecule has 1 amide bonds. The summed E-state index contributed by atoms with van der Waals surface area (Å²) in [7, 11) is 3.72. The fourth-order valence-corrected chi connectivity index (χ4v) is 3.21. The van der Waals surface area contributed by atoms with E-state index in [1.807, 2.05) is 81.1 Å². The Labute approximate surface area is 152 Å². The fraction of sp³-hybridized carbons (Fsp3) is 0.238. The van der Waals surface area contributed by atoms with Gasteiger partial charge in [-0.05, 0) is 54.3 Å². The van der Waals surface area contributed by atoms with Crippen molar-refractivity contribution < 1.29 is 9.53 Å². The second-order valence-corrected chi connectivity index (χ2v) is 6.70. The van der Waals surface area contributed by atoms with E-state index in [-0.39, 0.29) is 11.8 Å². The van der Waals surface area contributed by atoms with Crippen molar-refractivity contribution in [3.05, 3.63) is 72.6 Å². The highest BCUT2D eigenvalue weighted by molar-refractivity contribution is 5.97. The van der Waals surface area contributed by atoms with E-state index in [0.29, 0.717) is 5.92 Å². The highest BCUT2D eigenvalue weighted by atomic mass is 16.5. The van der Waals surface area contributed by atoms with Gasteiger partial charge in [-0.25, -0.2) is 0 Å². The minimum atomic E-state index is 0.0458. The molecule has 1 saturated carbocycles. The molecule has 1 aliphatic rings. The third-order valence-corrected chi connectivity index (χ3v) is 4.79. The molecule has 3 aromatic rings. The molecule has 1 heterocycles. The molecule has 4 rings (SSSR count). The second-order valence-electron chi connectivity index (χ2n) is 6.70.